The lowest BCUT2D eigenvalue weighted by atomic mass is 10.2. The highest BCUT2D eigenvalue weighted by atomic mass is 35.5. The predicted molar refractivity (Wildman–Crippen MR) is 67.8 cm³/mol. The number of hydrogen-bond donors (Lipinski definition) is 0. The van der Waals surface area contributed by atoms with Crippen LogP contribution < -0.4 is 4.74 Å². The molecule has 0 aromatic heterocycles. The molecule has 1 fully saturated rings. The standard InChI is InChI=1S/C13H16ClNO2/c1-2-17-12-5-3-10(4-6-12)13(16)15-8-7-11(14)9-15/h3-6,11H,2,7-9H2,1H3. The smallest absolute Gasteiger partial charge is 0.253 e. The molecule has 0 saturated carbocycles. The van der Waals surface area contributed by atoms with Gasteiger partial charge in [0.15, 0.2) is 0 Å². The summed E-state index contributed by atoms with van der Waals surface area (Å²) in [5.74, 6) is 0.844. The van der Waals surface area contributed by atoms with Crippen LogP contribution in [0.15, 0.2) is 24.3 Å². The van der Waals surface area contributed by atoms with Gasteiger partial charge in [0.2, 0.25) is 0 Å². The molecule has 4 heteroatoms. The van der Waals surface area contributed by atoms with E-state index in [2.05, 4.69) is 0 Å². The van der Waals surface area contributed by atoms with Crippen molar-refractivity contribution in [1.29, 1.82) is 0 Å². The van der Waals surface area contributed by atoms with Gasteiger partial charge in [0.25, 0.3) is 5.91 Å². The molecule has 0 bridgehead atoms. The highest BCUT2D eigenvalue weighted by Gasteiger charge is 2.25. The normalized spacial score (nSPS) is 19.4. The maximum Gasteiger partial charge on any atom is 0.253 e. The Morgan fingerprint density at radius 1 is 1.47 bits per heavy atom. The van der Waals surface area contributed by atoms with Gasteiger partial charge >= 0.3 is 0 Å². The zero-order valence-electron chi connectivity index (χ0n) is 9.86. The van der Waals surface area contributed by atoms with Crippen LogP contribution in [0, 0.1) is 0 Å². The van der Waals surface area contributed by atoms with Gasteiger partial charge in [-0.2, -0.15) is 0 Å². The Balaban J connectivity index is 2.04. The van der Waals surface area contributed by atoms with Crippen LogP contribution in [0.3, 0.4) is 0 Å². The van der Waals surface area contributed by atoms with E-state index in [1.807, 2.05) is 19.1 Å². The van der Waals surface area contributed by atoms with Crippen LogP contribution >= 0.6 is 11.6 Å². The summed E-state index contributed by atoms with van der Waals surface area (Å²) in [6.07, 6.45) is 0.879. The number of halogens is 1. The van der Waals surface area contributed by atoms with Crippen molar-refractivity contribution in [2.24, 2.45) is 0 Å². The molecule has 1 saturated heterocycles. The zero-order valence-corrected chi connectivity index (χ0v) is 10.6. The first-order valence-electron chi connectivity index (χ1n) is 5.87. The maximum atomic E-state index is 12.1. The van der Waals surface area contributed by atoms with Gasteiger partial charge in [-0.3, -0.25) is 4.79 Å². The molecular weight excluding hydrogens is 238 g/mol. The summed E-state index contributed by atoms with van der Waals surface area (Å²) < 4.78 is 5.34. The van der Waals surface area contributed by atoms with E-state index in [4.69, 9.17) is 16.3 Å². The first kappa shape index (κ1) is 12.2. The second-order valence-electron chi connectivity index (χ2n) is 4.09. The van der Waals surface area contributed by atoms with E-state index in [9.17, 15) is 4.79 Å². The van der Waals surface area contributed by atoms with Crippen molar-refractivity contribution in [1.82, 2.24) is 4.90 Å². The molecule has 1 amide bonds. The molecule has 1 aromatic carbocycles. The molecule has 1 aliphatic heterocycles. The highest BCUT2D eigenvalue weighted by Crippen LogP contribution is 2.19. The topological polar surface area (TPSA) is 29.5 Å². The van der Waals surface area contributed by atoms with Crippen LogP contribution in [-0.2, 0) is 0 Å². The number of carbonyl (C=O) groups excluding carboxylic acids is 1. The molecule has 1 heterocycles. The molecule has 0 aliphatic carbocycles. The van der Waals surface area contributed by atoms with Gasteiger partial charge in [0.05, 0.1) is 12.0 Å². The fourth-order valence-corrected chi connectivity index (χ4v) is 2.21. The van der Waals surface area contributed by atoms with Crippen molar-refractivity contribution in [3.8, 4) is 5.75 Å². The monoisotopic (exact) mass is 253 g/mol. The Morgan fingerprint density at radius 3 is 2.71 bits per heavy atom. The SMILES string of the molecule is CCOc1ccc(C(=O)N2CCC(Cl)C2)cc1. The quantitative estimate of drug-likeness (QED) is 0.775. The number of rotatable bonds is 3. The molecule has 0 spiro atoms. The van der Waals surface area contributed by atoms with Crippen LogP contribution in [0.2, 0.25) is 0 Å². The zero-order chi connectivity index (χ0) is 12.3. The van der Waals surface area contributed by atoms with Crippen molar-refractivity contribution in [3.63, 3.8) is 0 Å². The van der Waals surface area contributed by atoms with Crippen LogP contribution in [0.25, 0.3) is 0 Å². The first-order chi connectivity index (χ1) is 8.20. The van der Waals surface area contributed by atoms with Crippen molar-refractivity contribution >= 4 is 17.5 Å². The van der Waals surface area contributed by atoms with E-state index in [0.717, 1.165) is 18.7 Å². The first-order valence-corrected chi connectivity index (χ1v) is 6.30. The van der Waals surface area contributed by atoms with Gasteiger partial charge in [0.1, 0.15) is 5.75 Å². The van der Waals surface area contributed by atoms with Gasteiger partial charge in [-0.1, -0.05) is 0 Å². The van der Waals surface area contributed by atoms with E-state index in [1.165, 1.54) is 0 Å². The second kappa shape index (κ2) is 5.41. The van der Waals surface area contributed by atoms with Crippen molar-refractivity contribution in [2.45, 2.75) is 18.7 Å². The Labute approximate surface area is 106 Å². The third kappa shape index (κ3) is 2.91. The third-order valence-electron chi connectivity index (χ3n) is 2.83. The van der Waals surface area contributed by atoms with Gasteiger partial charge in [-0.25, -0.2) is 0 Å². The molecule has 0 radical (unpaired) electrons. The fourth-order valence-electron chi connectivity index (χ4n) is 1.95. The Hall–Kier alpha value is -1.22. The molecule has 17 heavy (non-hydrogen) atoms. The minimum Gasteiger partial charge on any atom is -0.494 e. The summed E-state index contributed by atoms with van der Waals surface area (Å²) >= 11 is 5.99. The van der Waals surface area contributed by atoms with Crippen LogP contribution in [0.5, 0.6) is 5.75 Å². The average molecular weight is 254 g/mol. The minimum atomic E-state index is 0.0520. The van der Waals surface area contributed by atoms with Crippen molar-refractivity contribution in [3.05, 3.63) is 29.8 Å². The summed E-state index contributed by atoms with van der Waals surface area (Å²) in [6.45, 7) is 3.96. The summed E-state index contributed by atoms with van der Waals surface area (Å²) in [5.41, 5.74) is 0.694. The maximum absolute atomic E-state index is 12.1. The molecule has 1 unspecified atom stereocenters. The Morgan fingerprint density at radius 2 is 2.18 bits per heavy atom. The number of nitrogens with zero attached hydrogens (tertiary/aromatic N) is 1. The van der Waals surface area contributed by atoms with Crippen LogP contribution in [-0.4, -0.2) is 35.9 Å². The molecule has 0 N–H and O–H groups in total. The van der Waals surface area contributed by atoms with Crippen LogP contribution in [0.1, 0.15) is 23.7 Å². The summed E-state index contributed by atoms with van der Waals surface area (Å²) in [5, 5.41) is 0.0987. The van der Waals surface area contributed by atoms with E-state index >= 15 is 0 Å². The lowest BCUT2D eigenvalue weighted by molar-refractivity contribution is 0.0793. The van der Waals surface area contributed by atoms with Gasteiger partial charge in [0, 0.05) is 18.7 Å². The lowest BCUT2D eigenvalue weighted by Gasteiger charge is -2.15. The highest BCUT2D eigenvalue weighted by molar-refractivity contribution is 6.21. The van der Waals surface area contributed by atoms with Crippen molar-refractivity contribution in [2.75, 3.05) is 19.7 Å². The minimum absolute atomic E-state index is 0.0520. The molecule has 2 rings (SSSR count). The van der Waals surface area contributed by atoms with Gasteiger partial charge in [-0.05, 0) is 37.6 Å². The number of alkyl halides is 1. The van der Waals surface area contributed by atoms with Crippen LogP contribution in [0.4, 0.5) is 0 Å². The Kier molecular flexibility index (Phi) is 3.89. The van der Waals surface area contributed by atoms with E-state index in [1.54, 1.807) is 17.0 Å². The molecule has 1 atom stereocenters. The van der Waals surface area contributed by atoms with E-state index in [0.29, 0.717) is 18.7 Å². The summed E-state index contributed by atoms with van der Waals surface area (Å²) in [7, 11) is 0. The summed E-state index contributed by atoms with van der Waals surface area (Å²) in [4.78, 5) is 13.9. The number of hydrogen-bond acceptors (Lipinski definition) is 2. The summed E-state index contributed by atoms with van der Waals surface area (Å²) in [6, 6.07) is 7.25. The number of likely N-dealkylation sites (tertiary alicyclic amines) is 1. The predicted octanol–water partition coefficient (Wildman–Crippen LogP) is 2.54. The number of ether oxygens (including phenoxy) is 1. The molecule has 1 aliphatic rings. The van der Waals surface area contributed by atoms with E-state index in [-0.39, 0.29) is 11.3 Å². The Bertz CT molecular complexity index is 391. The lowest BCUT2D eigenvalue weighted by Crippen LogP contribution is -2.28. The van der Waals surface area contributed by atoms with E-state index < -0.39 is 0 Å². The third-order valence-corrected chi connectivity index (χ3v) is 3.19. The van der Waals surface area contributed by atoms with Gasteiger partial charge in [-0.15, -0.1) is 11.6 Å². The number of amides is 1. The molecule has 92 valence electrons. The average Bonchev–Trinajstić information content (AvgIpc) is 2.76. The van der Waals surface area contributed by atoms with Crippen molar-refractivity contribution < 1.29 is 9.53 Å². The molecular formula is C13H16ClNO2. The molecule has 3 nitrogen and oxygen atoms in total. The van der Waals surface area contributed by atoms with Gasteiger partial charge < -0.3 is 9.64 Å². The second-order valence-corrected chi connectivity index (χ2v) is 4.71. The largest absolute Gasteiger partial charge is 0.494 e. The fraction of sp³-hybridized carbons (Fsp3) is 0.462. The number of carbonyl (C=O) groups is 1. The number of benzene rings is 1. The molecule has 1 aromatic rings.